The maximum absolute atomic E-state index is 13.8. The lowest BCUT2D eigenvalue weighted by Gasteiger charge is -2.18. The average molecular weight is 291 g/mol. The van der Waals surface area contributed by atoms with Gasteiger partial charge in [0.05, 0.1) is 4.83 Å². The van der Waals surface area contributed by atoms with Crippen LogP contribution in [0.2, 0.25) is 0 Å². The normalized spacial score (nSPS) is 14.6. The number of halogens is 3. The van der Waals surface area contributed by atoms with Gasteiger partial charge in [0.2, 0.25) is 0 Å². The van der Waals surface area contributed by atoms with Gasteiger partial charge in [0.1, 0.15) is 17.4 Å². The minimum atomic E-state index is -0.610. The first-order chi connectivity index (χ1) is 7.36. The van der Waals surface area contributed by atoms with Gasteiger partial charge in [-0.15, -0.1) is 0 Å². The van der Waals surface area contributed by atoms with Crippen molar-refractivity contribution in [2.24, 2.45) is 0 Å². The highest BCUT2D eigenvalue weighted by Crippen LogP contribution is 2.30. The third kappa shape index (κ3) is 2.48. The smallest absolute Gasteiger partial charge is 0.144 e. The maximum Gasteiger partial charge on any atom is 0.144 e. The summed E-state index contributed by atoms with van der Waals surface area (Å²) in [6.45, 7) is 4.59. The number of ketones is 1. The zero-order valence-corrected chi connectivity index (χ0v) is 10.9. The number of rotatable bonds is 3. The highest BCUT2D eigenvalue weighted by molar-refractivity contribution is 9.10. The van der Waals surface area contributed by atoms with Gasteiger partial charge >= 0.3 is 0 Å². The van der Waals surface area contributed by atoms with E-state index in [2.05, 4.69) is 15.9 Å². The van der Waals surface area contributed by atoms with Gasteiger partial charge in [0, 0.05) is 11.5 Å². The van der Waals surface area contributed by atoms with E-state index in [9.17, 15) is 13.6 Å². The van der Waals surface area contributed by atoms with Crippen LogP contribution in [0.4, 0.5) is 8.78 Å². The predicted octanol–water partition coefficient (Wildman–Crippen LogP) is 3.73. The van der Waals surface area contributed by atoms with Crippen LogP contribution >= 0.6 is 15.9 Å². The first-order valence-electron chi connectivity index (χ1n) is 4.95. The minimum absolute atomic E-state index is 0.0305. The molecule has 0 fully saturated rings. The summed E-state index contributed by atoms with van der Waals surface area (Å²) in [7, 11) is 0. The monoisotopic (exact) mass is 290 g/mol. The molecule has 0 radical (unpaired) electrons. The van der Waals surface area contributed by atoms with Crippen LogP contribution in [0, 0.1) is 18.6 Å². The SMILES string of the molecule is CC(=O)C(Br)C(C)c1c(F)ccc(C)c1F. The van der Waals surface area contributed by atoms with E-state index in [0.717, 1.165) is 0 Å². The summed E-state index contributed by atoms with van der Waals surface area (Å²) >= 11 is 3.15. The molecule has 0 aliphatic rings. The zero-order chi connectivity index (χ0) is 12.5. The van der Waals surface area contributed by atoms with Crippen molar-refractivity contribution in [3.8, 4) is 0 Å². The van der Waals surface area contributed by atoms with Gasteiger partial charge < -0.3 is 0 Å². The summed E-state index contributed by atoms with van der Waals surface area (Å²) in [5, 5.41) is 0. The summed E-state index contributed by atoms with van der Waals surface area (Å²) in [5.74, 6) is -1.86. The van der Waals surface area contributed by atoms with Crippen LogP contribution in [0.1, 0.15) is 30.9 Å². The summed E-state index contributed by atoms with van der Waals surface area (Å²) in [6.07, 6.45) is 0. The molecule has 16 heavy (non-hydrogen) atoms. The molecule has 0 saturated heterocycles. The Morgan fingerprint density at radius 3 is 2.44 bits per heavy atom. The topological polar surface area (TPSA) is 17.1 Å². The van der Waals surface area contributed by atoms with Gasteiger partial charge in [-0.3, -0.25) is 4.79 Å². The number of carbonyl (C=O) groups is 1. The first-order valence-corrected chi connectivity index (χ1v) is 5.86. The Morgan fingerprint density at radius 1 is 1.38 bits per heavy atom. The molecule has 0 aromatic heterocycles. The second-order valence-corrected chi connectivity index (χ2v) is 4.88. The van der Waals surface area contributed by atoms with Crippen LogP contribution < -0.4 is 0 Å². The fourth-order valence-corrected chi connectivity index (χ4v) is 1.86. The summed E-state index contributed by atoms with van der Waals surface area (Å²) in [4.78, 5) is 10.6. The van der Waals surface area contributed by atoms with E-state index in [1.807, 2.05) is 0 Å². The quantitative estimate of drug-likeness (QED) is 0.776. The molecule has 0 aliphatic heterocycles. The standard InChI is InChI=1S/C12H13BrF2O/c1-6-4-5-9(14)10(12(6)15)7(2)11(13)8(3)16/h4-5,7,11H,1-3H3. The molecule has 1 aromatic rings. The van der Waals surface area contributed by atoms with Gasteiger partial charge in [-0.25, -0.2) is 8.78 Å². The molecule has 2 unspecified atom stereocenters. The lowest BCUT2D eigenvalue weighted by atomic mass is 9.93. The fraction of sp³-hybridized carbons (Fsp3) is 0.417. The van der Waals surface area contributed by atoms with Crippen LogP contribution in [0.3, 0.4) is 0 Å². The van der Waals surface area contributed by atoms with E-state index in [1.165, 1.54) is 19.1 Å². The molecule has 0 N–H and O–H groups in total. The molecule has 0 spiro atoms. The van der Waals surface area contributed by atoms with E-state index in [1.54, 1.807) is 13.8 Å². The van der Waals surface area contributed by atoms with Crippen molar-refractivity contribution in [2.45, 2.75) is 31.5 Å². The van der Waals surface area contributed by atoms with Crippen molar-refractivity contribution in [1.29, 1.82) is 0 Å². The van der Waals surface area contributed by atoms with Crippen LogP contribution in [0.25, 0.3) is 0 Å². The van der Waals surface area contributed by atoms with E-state index in [4.69, 9.17) is 0 Å². The van der Waals surface area contributed by atoms with Crippen molar-refractivity contribution in [3.63, 3.8) is 0 Å². The van der Waals surface area contributed by atoms with Crippen molar-refractivity contribution in [3.05, 3.63) is 34.9 Å². The molecule has 1 nitrogen and oxygen atoms in total. The van der Waals surface area contributed by atoms with Crippen LogP contribution in [-0.2, 0) is 4.79 Å². The first kappa shape index (κ1) is 13.3. The Balaban J connectivity index is 3.22. The minimum Gasteiger partial charge on any atom is -0.299 e. The maximum atomic E-state index is 13.8. The van der Waals surface area contributed by atoms with Gasteiger partial charge in [0.15, 0.2) is 0 Å². The van der Waals surface area contributed by atoms with Crippen LogP contribution in [0.15, 0.2) is 12.1 Å². The third-order valence-corrected chi connectivity index (χ3v) is 4.04. The van der Waals surface area contributed by atoms with E-state index in [0.29, 0.717) is 5.56 Å². The van der Waals surface area contributed by atoms with E-state index >= 15 is 0 Å². The molecular weight excluding hydrogens is 278 g/mol. The van der Waals surface area contributed by atoms with Gasteiger partial charge in [-0.05, 0) is 25.5 Å². The number of Topliss-reactive ketones (excluding diaryl/α,β-unsaturated/α-hetero) is 1. The predicted molar refractivity (Wildman–Crippen MR) is 62.9 cm³/mol. The average Bonchev–Trinajstić information content (AvgIpc) is 2.22. The second kappa shape index (κ2) is 5.04. The van der Waals surface area contributed by atoms with E-state index < -0.39 is 22.4 Å². The van der Waals surface area contributed by atoms with Gasteiger partial charge in [-0.1, -0.05) is 28.9 Å². The Morgan fingerprint density at radius 2 is 1.94 bits per heavy atom. The van der Waals surface area contributed by atoms with Crippen molar-refractivity contribution in [1.82, 2.24) is 0 Å². The zero-order valence-electron chi connectivity index (χ0n) is 9.35. The molecule has 1 rings (SSSR count). The van der Waals surface area contributed by atoms with Crippen molar-refractivity contribution >= 4 is 21.7 Å². The number of aryl methyl sites for hydroxylation is 1. The molecule has 0 amide bonds. The molecule has 88 valence electrons. The second-order valence-electron chi connectivity index (χ2n) is 3.89. The molecular formula is C12H13BrF2O. The van der Waals surface area contributed by atoms with E-state index in [-0.39, 0.29) is 11.3 Å². The number of benzene rings is 1. The number of hydrogen-bond donors (Lipinski definition) is 0. The lowest BCUT2D eigenvalue weighted by molar-refractivity contribution is -0.116. The number of hydrogen-bond acceptors (Lipinski definition) is 1. The Labute approximate surface area is 102 Å². The molecule has 2 atom stereocenters. The third-order valence-electron chi connectivity index (χ3n) is 2.60. The fourth-order valence-electron chi connectivity index (χ4n) is 1.59. The van der Waals surface area contributed by atoms with Crippen LogP contribution in [-0.4, -0.2) is 10.6 Å². The molecule has 0 aliphatic carbocycles. The molecule has 1 aromatic carbocycles. The van der Waals surface area contributed by atoms with Crippen molar-refractivity contribution < 1.29 is 13.6 Å². The number of alkyl halides is 1. The summed E-state index contributed by atoms with van der Waals surface area (Å²) in [5.41, 5.74) is 0.351. The summed E-state index contributed by atoms with van der Waals surface area (Å²) < 4.78 is 27.3. The highest BCUT2D eigenvalue weighted by Gasteiger charge is 2.26. The number of carbonyl (C=O) groups excluding carboxylic acids is 1. The highest BCUT2D eigenvalue weighted by atomic mass is 79.9. The van der Waals surface area contributed by atoms with Crippen molar-refractivity contribution in [2.75, 3.05) is 0 Å². The van der Waals surface area contributed by atoms with Gasteiger partial charge in [0.25, 0.3) is 0 Å². The lowest BCUT2D eigenvalue weighted by Crippen LogP contribution is -2.20. The van der Waals surface area contributed by atoms with Crippen LogP contribution in [0.5, 0.6) is 0 Å². The largest absolute Gasteiger partial charge is 0.299 e. The van der Waals surface area contributed by atoms with Gasteiger partial charge in [-0.2, -0.15) is 0 Å². The molecule has 4 heteroatoms. The summed E-state index contributed by atoms with van der Waals surface area (Å²) in [6, 6.07) is 2.61. The Hall–Kier alpha value is -0.770. The molecule has 0 saturated carbocycles. The Kier molecular flexibility index (Phi) is 4.19. The molecule has 0 bridgehead atoms. The Bertz CT molecular complexity index is 418. The molecule has 0 heterocycles.